The van der Waals surface area contributed by atoms with Gasteiger partial charge in [-0.25, -0.2) is 0 Å². The lowest BCUT2D eigenvalue weighted by Gasteiger charge is -2.46. The summed E-state index contributed by atoms with van der Waals surface area (Å²) >= 11 is 0. The Morgan fingerprint density at radius 1 is 0.453 bits per heavy atom. The van der Waals surface area contributed by atoms with E-state index in [0.717, 1.165) is 12.8 Å². The van der Waals surface area contributed by atoms with Crippen molar-refractivity contribution in [2.75, 3.05) is 9.80 Å². The third-order valence-electron chi connectivity index (χ3n) is 11.4. The zero-order valence-electron chi connectivity index (χ0n) is 31.8. The predicted molar refractivity (Wildman–Crippen MR) is 229 cm³/mol. The van der Waals surface area contributed by atoms with Gasteiger partial charge in [-0.2, -0.15) is 0 Å². The normalized spacial score (nSPS) is 14.9. The lowest BCUT2D eigenvalue weighted by atomic mass is 9.33. The van der Waals surface area contributed by atoms with E-state index in [4.69, 9.17) is 0 Å². The van der Waals surface area contributed by atoms with Gasteiger partial charge in [0.1, 0.15) is 0 Å². The smallest absolute Gasteiger partial charge is 0.252 e. The number of hydrogen-bond acceptors (Lipinski definition) is 2. The fourth-order valence-electron chi connectivity index (χ4n) is 8.68. The average Bonchev–Trinajstić information content (AvgIpc) is 3.17. The van der Waals surface area contributed by atoms with E-state index in [1.165, 1.54) is 83.9 Å². The summed E-state index contributed by atoms with van der Waals surface area (Å²) in [5.41, 5.74) is 19.3. The van der Waals surface area contributed by atoms with Crippen molar-refractivity contribution in [1.29, 1.82) is 0 Å². The minimum absolute atomic E-state index is 0.000674. The zero-order valence-corrected chi connectivity index (χ0v) is 31.8. The molecule has 9 rings (SSSR count). The van der Waals surface area contributed by atoms with Gasteiger partial charge in [0, 0.05) is 39.6 Å². The largest absolute Gasteiger partial charge is 0.311 e. The van der Waals surface area contributed by atoms with Gasteiger partial charge in [-0.1, -0.05) is 163 Å². The minimum atomic E-state index is 0.000674. The highest BCUT2D eigenvalue weighted by atomic mass is 15.2. The van der Waals surface area contributed by atoms with E-state index < -0.39 is 0 Å². The lowest BCUT2D eigenvalue weighted by molar-refractivity contribution is 0.590. The molecule has 53 heavy (non-hydrogen) atoms. The maximum Gasteiger partial charge on any atom is 0.252 e. The zero-order chi connectivity index (χ0) is 36.5. The molecule has 0 fully saturated rings. The van der Waals surface area contributed by atoms with Crippen LogP contribution in [0.25, 0.3) is 16.7 Å². The Bertz CT molecular complexity index is 2420. The monoisotopic (exact) mass is 686 g/mol. The van der Waals surface area contributed by atoms with E-state index in [0.29, 0.717) is 0 Å². The van der Waals surface area contributed by atoms with Crippen LogP contribution in [0.3, 0.4) is 0 Å². The van der Waals surface area contributed by atoms with Crippen molar-refractivity contribution in [3.05, 3.63) is 174 Å². The molecular weight excluding hydrogens is 639 g/mol. The van der Waals surface area contributed by atoms with Crippen LogP contribution in [-0.4, -0.2) is 6.71 Å². The number of para-hydroxylation sites is 1. The number of rotatable bonds is 4. The molecule has 3 aliphatic rings. The third-order valence-corrected chi connectivity index (χ3v) is 11.4. The van der Waals surface area contributed by atoms with E-state index in [9.17, 15) is 0 Å². The summed E-state index contributed by atoms with van der Waals surface area (Å²) in [6.45, 7) is 14.1. The van der Waals surface area contributed by atoms with Gasteiger partial charge in [0.15, 0.2) is 0 Å². The molecule has 2 nitrogen and oxygen atoms in total. The van der Waals surface area contributed by atoms with Crippen LogP contribution in [0.4, 0.5) is 28.4 Å². The molecule has 0 atom stereocenters. The highest BCUT2D eigenvalue weighted by Gasteiger charge is 2.45. The predicted octanol–water partition coefficient (Wildman–Crippen LogP) is 11.5. The van der Waals surface area contributed by atoms with Crippen LogP contribution < -0.4 is 26.2 Å². The Hall–Kier alpha value is -5.54. The fourth-order valence-corrected chi connectivity index (χ4v) is 8.68. The molecule has 0 spiro atoms. The Kier molecular flexibility index (Phi) is 7.89. The first-order valence-electron chi connectivity index (χ1n) is 19.2. The lowest BCUT2D eigenvalue weighted by Crippen LogP contribution is -2.62. The van der Waals surface area contributed by atoms with Crippen molar-refractivity contribution in [3.8, 4) is 11.1 Å². The van der Waals surface area contributed by atoms with Gasteiger partial charge in [0.05, 0.1) is 5.69 Å². The molecule has 3 heteroatoms. The van der Waals surface area contributed by atoms with E-state index in [2.05, 4.69) is 203 Å². The van der Waals surface area contributed by atoms with Gasteiger partial charge in [-0.15, -0.1) is 0 Å². The second kappa shape index (κ2) is 12.6. The van der Waals surface area contributed by atoms with Gasteiger partial charge in [-0.3, -0.25) is 0 Å². The highest BCUT2D eigenvalue weighted by molar-refractivity contribution is 7.00. The minimum Gasteiger partial charge on any atom is -0.311 e. The first-order valence-corrected chi connectivity index (χ1v) is 19.2. The van der Waals surface area contributed by atoms with Crippen LogP contribution in [0.15, 0.2) is 157 Å². The summed E-state index contributed by atoms with van der Waals surface area (Å²) in [7, 11) is 0. The van der Waals surface area contributed by atoms with Crippen LogP contribution >= 0.6 is 0 Å². The molecule has 6 aromatic carbocycles. The number of benzene rings is 6. The summed E-state index contributed by atoms with van der Waals surface area (Å²) in [4.78, 5) is 5.15. The molecule has 0 saturated carbocycles. The Morgan fingerprint density at radius 2 is 0.962 bits per heavy atom. The molecule has 0 N–H and O–H groups in total. The van der Waals surface area contributed by atoms with Crippen LogP contribution in [0, 0.1) is 0 Å². The molecule has 0 amide bonds. The summed E-state index contributed by atoms with van der Waals surface area (Å²) in [6.07, 6.45) is 6.98. The SMILES string of the molecule is CC(C)(C)c1ccc2c(c1)B1c3cc(C(C)(C)C)ccc3N(c3ccccc3-c3ccccc3)c3cccc(c31)N2C1=CCCC=C1c1ccccc1. The van der Waals surface area contributed by atoms with E-state index in [1.807, 2.05) is 0 Å². The first kappa shape index (κ1) is 33.3. The summed E-state index contributed by atoms with van der Waals surface area (Å²) in [6, 6.07) is 52.3. The first-order chi connectivity index (χ1) is 25.6. The third kappa shape index (κ3) is 5.57. The molecule has 0 bridgehead atoms. The summed E-state index contributed by atoms with van der Waals surface area (Å²) < 4.78 is 0. The highest BCUT2D eigenvalue weighted by Crippen LogP contribution is 2.47. The number of fused-ring (bicyclic) bond motifs is 4. The summed E-state index contributed by atoms with van der Waals surface area (Å²) in [5.74, 6) is 0. The Labute approximate surface area is 316 Å². The van der Waals surface area contributed by atoms with Gasteiger partial charge >= 0.3 is 0 Å². The van der Waals surface area contributed by atoms with Gasteiger partial charge < -0.3 is 9.80 Å². The molecule has 0 aromatic heterocycles. The number of hydrogen-bond donors (Lipinski definition) is 0. The molecule has 1 aliphatic carbocycles. The molecule has 0 unspecified atom stereocenters. The fraction of sp³-hybridized carbons (Fsp3) is 0.200. The summed E-state index contributed by atoms with van der Waals surface area (Å²) in [5, 5.41) is 0. The molecular formula is C50H47BN2. The molecule has 2 aliphatic heterocycles. The van der Waals surface area contributed by atoms with Crippen molar-refractivity contribution in [2.24, 2.45) is 0 Å². The van der Waals surface area contributed by atoms with Crippen molar-refractivity contribution in [3.63, 3.8) is 0 Å². The molecule has 260 valence electrons. The number of allylic oxidation sites excluding steroid dienone is 3. The second-order valence-corrected chi connectivity index (χ2v) is 16.9. The Balaban J connectivity index is 1.37. The van der Waals surface area contributed by atoms with Crippen molar-refractivity contribution in [2.45, 2.75) is 65.2 Å². The van der Waals surface area contributed by atoms with Gasteiger partial charge in [0.2, 0.25) is 0 Å². The second-order valence-electron chi connectivity index (χ2n) is 16.9. The van der Waals surface area contributed by atoms with Crippen molar-refractivity contribution < 1.29 is 0 Å². The Morgan fingerprint density at radius 3 is 1.58 bits per heavy atom. The van der Waals surface area contributed by atoms with E-state index in [1.54, 1.807) is 0 Å². The quantitative estimate of drug-likeness (QED) is 0.170. The average molecular weight is 687 g/mol. The maximum absolute atomic E-state index is 2.59. The van der Waals surface area contributed by atoms with Crippen LogP contribution in [0.5, 0.6) is 0 Å². The van der Waals surface area contributed by atoms with E-state index in [-0.39, 0.29) is 17.5 Å². The number of nitrogens with zero attached hydrogens (tertiary/aromatic N) is 2. The topological polar surface area (TPSA) is 6.48 Å². The standard InChI is InChI=1S/C50H47BN2/c1-49(2,3)36-28-30-44-40(32-36)51-41-33-37(50(4,5)6)29-31-45(41)53(43-25-16-14-23-39(43)35-20-11-8-12-21-35)47-27-17-26-46(48(47)51)52(44)42-24-15-13-22-38(42)34-18-9-7-10-19-34/h7-13,15,17-33H,14,16H2,1-6H3. The maximum atomic E-state index is 2.59. The van der Waals surface area contributed by atoms with Crippen LogP contribution in [0.1, 0.15) is 71.1 Å². The number of anilines is 5. The molecule has 2 heterocycles. The van der Waals surface area contributed by atoms with Crippen molar-refractivity contribution in [1.82, 2.24) is 0 Å². The van der Waals surface area contributed by atoms with E-state index >= 15 is 0 Å². The molecule has 6 aromatic rings. The van der Waals surface area contributed by atoms with Crippen LogP contribution in [-0.2, 0) is 10.8 Å². The molecule has 0 saturated heterocycles. The van der Waals surface area contributed by atoms with Crippen molar-refractivity contribution >= 4 is 57.1 Å². The van der Waals surface area contributed by atoms with Crippen LogP contribution in [0.2, 0.25) is 0 Å². The van der Waals surface area contributed by atoms with Gasteiger partial charge in [0.25, 0.3) is 6.71 Å². The van der Waals surface area contributed by atoms with Gasteiger partial charge in [-0.05, 0) is 92.6 Å². The molecule has 0 radical (unpaired) electrons.